The first-order valence-corrected chi connectivity index (χ1v) is 8.89. The minimum absolute atomic E-state index is 0.342. The van der Waals surface area contributed by atoms with Gasteiger partial charge in [-0.2, -0.15) is 11.8 Å². The molecule has 1 heterocycles. The van der Waals surface area contributed by atoms with Crippen LogP contribution >= 0.6 is 23.5 Å². The zero-order valence-electron chi connectivity index (χ0n) is 11.6. The van der Waals surface area contributed by atoms with Crippen molar-refractivity contribution in [1.82, 2.24) is 5.32 Å². The zero-order valence-corrected chi connectivity index (χ0v) is 13.2. The summed E-state index contributed by atoms with van der Waals surface area (Å²) in [6.07, 6.45) is 7.08. The Morgan fingerprint density at radius 2 is 2.12 bits per heavy atom. The monoisotopic (exact) mass is 274 g/mol. The van der Waals surface area contributed by atoms with Crippen molar-refractivity contribution in [3.8, 4) is 0 Å². The van der Waals surface area contributed by atoms with Crippen molar-refractivity contribution >= 4 is 28.7 Å². The first-order valence-electron chi connectivity index (χ1n) is 6.68. The van der Waals surface area contributed by atoms with Crippen LogP contribution in [0.4, 0.5) is 0 Å². The third-order valence-corrected chi connectivity index (χ3v) is 6.29. The quantitative estimate of drug-likeness (QED) is 0.798. The molecule has 1 saturated heterocycles. The van der Waals surface area contributed by atoms with E-state index in [2.05, 4.69) is 32.3 Å². The van der Waals surface area contributed by atoms with Crippen LogP contribution in [0.2, 0.25) is 0 Å². The molecule has 1 aliphatic rings. The van der Waals surface area contributed by atoms with Crippen molar-refractivity contribution in [3.05, 3.63) is 0 Å². The number of amidine groups is 1. The molecular formula is C13H26N2S2. The van der Waals surface area contributed by atoms with Gasteiger partial charge in [0.1, 0.15) is 0 Å². The highest BCUT2D eigenvalue weighted by Gasteiger charge is 2.25. The lowest BCUT2D eigenvalue weighted by molar-refractivity contribution is 0.549. The highest BCUT2D eigenvalue weighted by atomic mass is 32.2. The Morgan fingerprint density at radius 3 is 2.65 bits per heavy atom. The Hall–Kier alpha value is 0.170. The summed E-state index contributed by atoms with van der Waals surface area (Å²) >= 11 is 3.85. The van der Waals surface area contributed by atoms with Gasteiger partial charge >= 0.3 is 0 Å². The van der Waals surface area contributed by atoms with Gasteiger partial charge in [-0.1, -0.05) is 32.5 Å². The van der Waals surface area contributed by atoms with Gasteiger partial charge in [0.25, 0.3) is 0 Å². The summed E-state index contributed by atoms with van der Waals surface area (Å²) in [5.74, 6) is 1.22. The molecule has 2 nitrogen and oxygen atoms in total. The SMILES string of the molecule is CCC1CCSC(=NCC(CC)(CC)SC)N1. The van der Waals surface area contributed by atoms with E-state index in [0.717, 1.165) is 6.54 Å². The number of nitrogens with one attached hydrogen (secondary N) is 1. The summed E-state index contributed by atoms with van der Waals surface area (Å²) in [7, 11) is 0. The first-order chi connectivity index (χ1) is 8.19. The molecule has 0 aromatic rings. The number of hydrogen-bond donors (Lipinski definition) is 1. The maximum Gasteiger partial charge on any atom is 0.156 e. The van der Waals surface area contributed by atoms with Crippen molar-refractivity contribution in [2.75, 3.05) is 18.6 Å². The molecule has 0 aliphatic carbocycles. The van der Waals surface area contributed by atoms with E-state index in [1.54, 1.807) is 0 Å². The third kappa shape index (κ3) is 4.40. The van der Waals surface area contributed by atoms with E-state index in [9.17, 15) is 0 Å². The molecule has 1 atom stereocenters. The largest absolute Gasteiger partial charge is 0.362 e. The third-order valence-electron chi connectivity index (χ3n) is 3.76. The van der Waals surface area contributed by atoms with Crippen molar-refractivity contribution in [2.45, 2.75) is 57.2 Å². The lowest BCUT2D eigenvalue weighted by Gasteiger charge is -2.29. The summed E-state index contributed by atoms with van der Waals surface area (Å²) < 4.78 is 0.342. The van der Waals surface area contributed by atoms with Crippen LogP contribution < -0.4 is 5.32 Å². The van der Waals surface area contributed by atoms with E-state index in [4.69, 9.17) is 4.99 Å². The van der Waals surface area contributed by atoms with E-state index in [1.807, 2.05) is 23.5 Å². The lowest BCUT2D eigenvalue weighted by atomic mass is 10.0. The summed E-state index contributed by atoms with van der Waals surface area (Å²) in [4.78, 5) is 4.81. The summed E-state index contributed by atoms with van der Waals surface area (Å²) in [5, 5.41) is 4.72. The zero-order chi connectivity index (χ0) is 12.7. The Bertz CT molecular complexity index is 242. The van der Waals surface area contributed by atoms with Crippen LogP contribution in [-0.4, -0.2) is 34.5 Å². The molecule has 1 unspecified atom stereocenters. The van der Waals surface area contributed by atoms with Gasteiger partial charge in [0.05, 0.1) is 6.54 Å². The van der Waals surface area contributed by atoms with Crippen LogP contribution in [0.5, 0.6) is 0 Å². The predicted octanol–water partition coefficient (Wildman–Crippen LogP) is 3.77. The van der Waals surface area contributed by atoms with Crippen LogP contribution in [0.25, 0.3) is 0 Å². The Labute approximate surface area is 115 Å². The van der Waals surface area contributed by atoms with Crippen LogP contribution in [-0.2, 0) is 0 Å². The van der Waals surface area contributed by atoms with Crippen molar-refractivity contribution in [1.29, 1.82) is 0 Å². The summed E-state index contributed by atoms with van der Waals surface area (Å²) in [6.45, 7) is 7.75. The molecule has 1 aliphatic heterocycles. The number of rotatable bonds is 6. The van der Waals surface area contributed by atoms with E-state index in [1.165, 1.54) is 36.6 Å². The van der Waals surface area contributed by atoms with E-state index < -0.39 is 0 Å². The van der Waals surface area contributed by atoms with E-state index >= 15 is 0 Å². The molecule has 0 bridgehead atoms. The fourth-order valence-corrected chi connectivity index (χ4v) is 3.80. The molecule has 1 rings (SSSR count). The average Bonchev–Trinajstić information content (AvgIpc) is 2.41. The molecule has 0 saturated carbocycles. The van der Waals surface area contributed by atoms with Crippen LogP contribution in [0, 0.1) is 0 Å². The smallest absolute Gasteiger partial charge is 0.156 e. The van der Waals surface area contributed by atoms with Gasteiger partial charge in [0.15, 0.2) is 5.17 Å². The molecule has 4 heteroatoms. The highest BCUT2D eigenvalue weighted by molar-refractivity contribution is 8.13. The maximum atomic E-state index is 4.81. The Balaban J connectivity index is 2.56. The van der Waals surface area contributed by atoms with Gasteiger partial charge in [-0.25, -0.2) is 0 Å². The van der Waals surface area contributed by atoms with E-state index in [0.29, 0.717) is 10.8 Å². The molecule has 1 fully saturated rings. The minimum atomic E-state index is 0.342. The van der Waals surface area contributed by atoms with Crippen LogP contribution in [0.15, 0.2) is 4.99 Å². The second kappa shape index (κ2) is 7.57. The number of thioether (sulfide) groups is 2. The number of aliphatic imine (C=N–C) groups is 1. The number of nitrogens with zero attached hydrogens (tertiary/aromatic N) is 1. The lowest BCUT2D eigenvalue weighted by Crippen LogP contribution is -2.38. The summed E-state index contributed by atoms with van der Waals surface area (Å²) in [5.41, 5.74) is 0. The molecule has 0 aromatic carbocycles. The van der Waals surface area contributed by atoms with Gasteiger partial charge in [-0.3, -0.25) is 4.99 Å². The molecule has 0 radical (unpaired) electrons. The summed E-state index contributed by atoms with van der Waals surface area (Å²) in [6, 6.07) is 0.641. The topological polar surface area (TPSA) is 24.4 Å². The van der Waals surface area contributed by atoms with Crippen molar-refractivity contribution in [3.63, 3.8) is 0 Å². The van der Waals surface area contributed by atoms with Crippen LogP contribution in [0.3, 0.4) is 0 Å². The van der Waals surface area contributed by atoms with Crippen molar-refractivity contribution < 1.29 is 0 Å². The highest BCUT2D eigenvalue weighted by Crippen LogP contribution is 2.31. The minimum Gasteiger partial charge on any atom is -0.362 e. The molecule has 0 aromatic heterocycles. The van der Waals surface area contributed by atoms with Gasteiger partial charge in [0.2, 0.25) is 0 Å². The molecular weight excluding hydrogens is 248 g/mol. The average molecular weight is 274 g/mol. The molecule has 1 N–H and O–H groups in total. The fraction of sp³-hybridized carbons (Fsp3) is 0.923. The molecule has 17 heavy (non-hydrogen) atoms. The Morgan fingerprint density at radius 1 is 1.41 bits per heavy atom. The molecule has 100 valence electrons. The Kier molecular flexibility index (Phi) is 6.78. The van der Waals surface area contributed by atoms with Gasteiger partial charge < -0.3 is 5.32 Å². The number of hydrogen-bond acceptors (Lipinski definition) is 3. The van der Waals surface area contributed by atoms with Gasteiger partial charge in [0, 0.05) is 16.5 Å². The fourth-order valence-electron chi connectivity index (χ4n) is 2.03. The second-order valence-corrected chi connectivity index (χ2v) is 6.96. The van der Waals surface area contributed by atoms with Gasteiger partial charge in [-0.15, -0.1) is 0 Å². The standard InChI is InChI=1S/C13H26N2S2/c1-5-11-8-9-17-12(15-11)14-10-13(6-2,7-3)16-4/h11H,5-10H2,1-4H3,(H,14,15). The second-order valence-electron chi connectivity index (χ2n) is 4.60. The normalized spacial score (nSPS) is 23.8. The maximum absolute atomic E-state index is 4.81. The van der Waals surface area contributed by atoms with Crippen LogP contribution in [0.1, 0.15) is 46.5 Å². The first kappa shape index (κ1) is 15.2. The molecule has 0 spiro atoms. The van der Waals surface area contributed by atoms with Crippen molar-refractivity contribution in [2.24, 2.45) is 4.99 Å². The molecule has 0 amide bonds. The van der Waals surface area contributed by atoms with E-state index in [-0.39, 0.29) is 0 Å². The predicted molar refractivity (Wildman–Crippen MR) is 83.4 cm³/mol. The van der Waals surface area contributed by atoms with Gasteiger partial charge in [-0.05, 0) is 31.9 Å².